The van der Waals surface area contributed by atoms with E-state index in [0.29, 0.717) is 23.5 Å². The highest BCUT2D eigenvalue weighted by molar-refractivity contribution is 9.10. The zero-order valence-electron chi connectivity index (χ0n) is 15.7. The summed E-state index contributed by atoms with van der Waals surface area (Å²) >= 11 is 3.48. The number of methoxy groups -OCH3 is 1. The molecule has 3 aromatic rings. The van der Waals surface area contributed by atoms with E-state index in [4.69, 9.17) is 9.47 Å². The van der Waals surface area contributed by atoms with Crippen LogP contribution in [0, 0.1) is 0 Å². The number of pyridine rings is 1. The molecular formula is C23H20BrNO4. The second-order valence-corrected chi connectivity index (χ2v) is 8.46. The smallest absolute Gasteiger partial charge is 0.176 e. The minimum absolute atomic E-state index is 0.276. The van der Waals surface area contributed by atoms with Gasteiger partial charge < -0.3 is 19.7 Å². The van der Waals surface area contributed by atoms with Crippen molar-refractivity contribution in [2.24, 2.45) is 0 Å². The Bertz CT molecular complexity index is 1060. The molecule has 0 amide bonds. The van der Waals surface area contributed by atoms with Gasteiger partial charge in [0.2, 0.25) is 0 Å². The fourth-order valence-corrected chi connectivity index (χ4v) is 5.28. The predicted octanol–water partition coefficient (Wildman–Crippen LogP) is 3.88. The highest BCUT2D eigenvalue weighted by atomic mass is 79.9. The molecule has 5 rings (SSSR count). The maximum Gasteiger partial charge on any atom is 0.176 e. The average Bonchev–Trinajstić information content (AvgIpc) is 3.15. The number of aliphatic hydroxyl groups excluding tert-OH is 1. The number of aromatic nitrogens is 1. The third-order valence-electron chi connectivity index (χ3n) is 6.22. The van der Waals surface area contributed by atoms with Gasteiger partial charge in [0.15, 0.2) is 11.2 Å². The molecule has 1 fully saturated rings. The van der Waals surface area contributed by atoms with E-state index in [2.05, 4.69) is 20.9 Å². The van der Waals surface area contributed by atoms with E-state index in [0.717, 1.165) is 15.6 Å². The molecule has 0 unspecified atom stereocenters. The molecule has 1 aromatic heterocycles. The van der Waals surface area contributed by atoms with Crippen molar-refractivity contribution in [3.63, 3.8) is 0 Å². The Morgan fingerprint density at radius 3 is 2.52 bits per heavy atom. The van der Waals surface area contributed by atoms with Crippen LogP contribution in [0.4, 0.5) is 0 Å². The molecule has 0 saturated heterocycles. The number of nitrogens with zero attached hydrogens (tertiary/aromatic N) is 1. The molecular weight excluding hydrogens is 434 g/mol. The van der Waals surface area contributed by atoms with E-state index < -0.39 is 17.3 Å². The highest BCUT2D eigenvalue weighted by Gasteiger charge is 2.73. The number of rotatable bonds is 3. The van der Waals surface area contributed by atoms with Crippen LogP contribution < -0.4 is 9.47 Å². The van der Waals surface area contributed by atoms with E-state index in [9.17, 15) is 10.2 Å². The highest BCUT2D eigenvalue weighted by Crippen LogP contribution is 2.67. The molecule has 2 aliphatic rings. The Hall–Kier alpha value is -2.41. The van der Waals surface area contributed by atoms with E-state index in [1.807, 2.05) is 54.6 Å². The van der Waals surface area contributed by atoms with Crippen molar-refractivity contribution >= 4 is 15.9 Å². The van der Waals surface area contributed by atoms with Crippen LogP contribution in [0.2, 0.25) is 0 Å². The lowest BCUT2D eigenvalue weighted by Crippen LogP contribution is -2.52. The van der Waals surface area contributed by atoms with Crippen LogP contribution in [0.5, 0.6) is 11.5 Å². The lowest BCUT2D eigenvalue weighted by atomic mass is 9.71. The molecule has 29 heavy (non-hydrogen) atoms. The number of aliphatic hydroxyl groups is 2. The van der Waals surface area contributed by atoms with Crippen LogP contribution >= 0.6 is 15.9 Å². The molecule has 0 bridgehead atoms. The molecule has 1 aliphatic heterocycles. The normalized spacial score (nSPS) is 29.8. The molecule has 4 atom stereocenters. The van der Waals surface area contributed by atoms with Gasteiger partial charge in [-0.2, -0.15) is 0 Å². The lowest BCUT2D eigenvalue weighted by molar-refractivity contribution is -0.150. The molecule has 0 radical (unpaired) electrons. The second kappa shape index (κ2) is 6.55. The van der Waals surface area contributed by atoms with Gasteiger partial charge >= 0.3 is 0 Å². The molecule has 5 nitrogen and oxygen atoms in total. The fraction of sp³-hybridized carbons (Fsp3) is 0.261. The van der Waals surface area contributed by atoms with Gasteiger partial charge in [0.05, 0.1) is 31.2 Å². The van der Waals surface area contributed by atoms with E-state index in [-0.39, 0.29) is 5.92 Å². The van der Waals surface area contributed by atoms with Crippen molar-refractivity contribution in [2.75, 3.05) is 7.11 Å². The zero-order valence-corrected chi connectivity index (χ0v) is 17.3. The van der Waals surface area contributed by atoms with Gasteiger partial charge in [-0.15, -0.1) is 0 Å². The summed E-state index contributed by atoms with van der Waals surface area (Å²) in [6, 6.07) is 17.6. The molecule has 1 saturated carbocycles. The van der Waals surface area contributed by atoms with Gasteiger partial charge in [-0.3, -0.25) is 4.98 Å². The van der Waals surface area contributed by atoms with E-state index in [1.165, 1.54) is 7.11 Å². The topological polar surface area (TPSA) is 71.8 Å². The maximum atomic E-state index is 12.2. The summed E-state index contributed by atoms with van der Waals surface area (Å²) in [5.41, 5.74) is -0.682. The minimum Gasteiger partial charge on any atom is -0.495 e. The first-order valence-corrected chi connectivity index (χ1v) is 10.2. The minimum atomic E-state index is -1.69. The fourth-order valence-electron chi connectivity index (χ4n) is 5.01. The van der Waals surface area contributed by atoms with Gasteiger partial charge in [0, 0.05) is 10.4 Å². The number of hydrogen-bond acceptors (Lipinski definition) is 5. The summed E-state index contributed by atoms with van der Waals surface area (Å²) in [6.45, 7) is 0. The van der Waals surface area contributed by atoms with Crippen molar-refractivity contribution in [3.05, 3.63) is 88.2 Å². The van der Waals surface area contributed by atoms with Gasteiger partial charge in [-0.1, -0.05) is 58.4 Å². The second-order valence-electron chi connectivity index (χ2n) is 7.54. The van der Waals surface area contributed by atoms with Crippen LogP contribution in [0.1, 0.15) is 29.0 Å². The van der Waals surface area contributed by atoms with Crippen molar-refractivity contribution < 1.29 is 19.7 Å². The van der Waals surface area contributed by atoms with Crippen molar-refractivity contribution in [3.8, 4) is 11.5 Å². The molecule has 2 aromatic carbocycles. The van der Waals surface area contributed by atoms with Crippen LogP contribution in [0.15, 0.2) is 71.5 Å². The van der Waals surface area contributed by atoms with Crippen molar-refractivity contribution in [1.29, 1.82) is 0 Å². The average molecular weight is 454 g/mol. The number of fused-ring (bicyclic) bond motifs is 3. The predicted molar refractivity (Wildman–Crippen MR) is 111 cm³/mol. The van der Waals surface area contributed by atoms with E-state index >= 15 is 0 Å². The molecule has 1 aliphatic carbocycles. The Labute approximate surface area is 177 Å². The summed E-state index contributed by atoms with van der Waals surface area (Å²) in [5.74, 6) is 0.549. The largest absolute Gasteiger partial charge is 0.495 e. The molecule has 0 spiro atoms. The molecule has 148 valence electrons. The maximum absolute atomic E-state index is 12.2. The summed E-state index contributed by atoms with van der Waals surface area (Å²) in [5, 5.41) is 23.4. The van der Waals surface area contributed by atoms with Gasteiger partial charge in [0.1, 0.15) is 11.5 Å². The van der Waals surface area contributed by atoms with Crippen LogP contribution in [-0.2, 0) is 11.2 Å². The molecule has 2 heterocycles. The number of ether oxygens (including phenoxy) is 2. The summed E-state index contributed by atoms with van der Waals surface area (Å²) < 4.78 is 13.0. The number of benzene rings is 2. The summed E-state index contributed by atoms with van der Waals surface area (Å²) in [7, 11) is 1.52. The molecule has 2 N–H and O–H groups in total. The first kappa shape index (κ1) is 18.6. The van der Waals surface area contributed by atoms with Gasteiger partial charge in [-0.25, -0.2) is 0 Å². The van der Waals surface area contributed by atoms with Gasteiger partial charge in [0.25, 0.3) is 0 Å². The zero-order chi connectivity index (χ0) is 20.2. The lowest BCUT2D eigenvalue weighted by Gasteiger charge is -2.40. The molecule has 6 heteroatoms. The third kappa shape index (κ3) is 2.37. The first-order valence-electron chi connectivity index (χ1n) is 9.45. The number of hydrogen-bond donors (Lipinski definition) is 2. The monoisotopic (exact) mass is 453 g/mol. The van der Waals surface area contributed by atoms with Crippen LogP contribution in [0.25, 0.3) is 0 Å². The van der Waals surface area contributed by atoms with Gasteiger partial charge in [-0.05, 0) is 29.7 Å². The summed E-state index contributed by atoms with van der Waals surface area (Å²) in [4.78, 5) is 4.20. The van der Waals surface area contributed by atoms with Crippen LogP contribution in [0.3, 0.4) is 0 Å². The Morgan fingerprint density at radius 2 is 1.83 bits per heavy atom. The standard InChI is InChI=1S/C23H20BrNO4/c1-28-18-12-25-13-19-21(18)22(27)20(26)11-17(14-5-3-2-4-6-14)23(22,29-19)15-7-9-16(24)10-8-15/h2-10,12-13,17,20,26-27H,11H2,1H3/t17-,20+,22+,23-/m0/s1. The Balaban J connectivity index is 1.82. The van der Waals surface area contributed by atoms with E-state index in [1.54, 1.807) is 12.4 Å². The SMILES string of the molecule is COc1cncc2c1[C@]1(O)[C@H](O)C[C@@H](c3ccccc3)[C@]1(c1ccc(Br)cc1)O2. The first-order chi connectivity index (χ1) is 14.0. The third-order valence-corrected chi connectivity index (χ3v) is 6.75. The summed E-state index contributed by atoms with van der Waals surface area (Å²) in [6.07, 6.45) is 2.42. The van der Waals surface area contributed by atoms with Crippen LogP contribution in [-0.4, -0.2) is 28.4 Å². The number of halogens is 1. The van der Waals surface area contributed by atoms with Crippen molar-refractivity contribution in [1.82, 2.24) is 4.98 Å². The quantitative estimate of drug-likeness (QED) is 0.629. The van der Waals surface area contributed by atoms with Crippen molar-refractivity contribution in [2.45, 2.75) is 29.6 Å². The Morgan fingerprint density at radius 1 is 1.10 bits per heavy atom. The Kier molecular flexibility index (Phi) is 4.21.